The van der Waals surface area contributed by atoms with Crippen LogP contribution in [0.5, 0.6) is 0 Å². The van der Waals surface area contributed by atoms with Crippen LogP contribution in [0.4, 0.5) is 10.1 Å². The average molecular weight is 293 g/mol. The number of benzene rings is 1. The first-order chi connectivity index (χ1) is 9.49. The quantitative estimate of drug-likeness (QED) is 0.869. The van der Waals surface area contributed by atoms with E-state index in [1.54, 1.807) is 19.1 Å². The second-order valence-electron chi connectivity index (χ2n) is 4.44. The minimum absolute atomic E-state index is 0.282. The highest BCUT2D eigenvalue weighted by Crippen LogP contribution is 2.16. The molecule has 1 amide bonds. The van der Waals surface area contributed by atoms with E-state index in [0.29, 0.717) is 23.2 Å². The van der Waals surface area contributed by atoms with Crippen LogP contribution in [0.15, 0.2) is 30.3 Å². The van der Waals surface area contributed by atoms with Crippen molar-refractivity contribution in [2.24, 2.45) is 0 Å². The van der Waals surface area contributed by atoms with E-state index in [0.717, 1.165) is 5.69 Å². The maximum absolute atomic E-state index is 13.2. The molecule has 0 unspecified atom stereocenters. The Kier molecular flexibility index (Phi) is 4.35. The molecule has 2 rings (SSSR count). The number of aromatic nitrogens is 1. The van der Waals surface area contributed by atoms with Crippen molar-refractivity contribution < 1.29 is 9.18 Å². The Hall–Kier alpha value is -1.94. The monoisotopic (exact) mass is 292 g/mol. The predicted molar refractivity (Wildman–Crippen MR) is 77.7 cm³/mol. The molecular formula is C15H14ClFN2O. The van der Waals surface area contributed by atoms with Crippen molar-refractivity contribution in [2.75, 3.05) is 5.32 Å². The maximum atomic E-state index is 13.2. The van der Waals surface area contributed by atoms with Gasteiger partial charge in [0.05, 0.1) is 0 Å². The summed E-state index contributed by atoms with van der Waals surface area (Å²) >= 11 is 5.88. The van der Waals surface area contributed by atoms with Crippen molar-refractivity contribution in [3.05, 3.63) is 58.1 Å². The van der Waals surface area contributed by atoms with Gasteiger partial charge in [-0.15, -0.1) is 0 Å². The van der Waals surface area contributed by atoms with Crippen LogP contribution in [0.1, 0.15) is 28.5 Å². The average Bonchev–Trinajstić information content (AvgIpc) is 2.42. The summed E-state index contributed by atoms with van der Waals surface area (Å²) in [6, 6.07) is 7.62. The highest BCUT2D eigenvalue weighted by molar-refractivity contribution is 6.29. The van der Waals surface area contributed by atoms with Gasteiger partial charge in [-0.05, 0) is 49.2 Å². The first-order valence-corrected chi connectivity index (χ1v) is 6.61. The lowest BCUT2D eigenvalue weighted by Crippen LogP contribution is -2.13. The molecule has 0 fully saturated rings. The second-order valence-corrected chi connectivity index (χ2v) is 4.83. The molecule has 20 heavy (non-hydrogen) atoms. The highest BCUT2D eigenvalue weighted by Gasteiger charge is 2.10. The van der Waals surface area contributed by atoms with Gasteiger partial charge >= 0.3 is 0 Å². The van der Waals surface area contributed by atoms with Gasteiger partial charge in [-0.3, -0.25) is 4.79 Å². The molecule has 0 saturated heterocycles. The maximum Gasteiger partial charge on any atom is 0.255 e. The van der Waals surface area contributed by atoms with E-state index in [4.69, 9.17) is 11.6 Å². The number of amides is 1. The SMILES string of the molecule is CCc1cc(C(=O)Nc2ccc(F)c(C)c2)cc(Cl)n1. The first-order valence-electron chi connectivity index (χ1n) is 6.23. The van der Waals surface area contributed by atoms with Gasteiger partial charge < -0.3 is 5.32 Å². The number of anilines is 1. The molecular weight excluding hydrogens is 279 g/mol. The van der Waals surface area contributed by atoms with Crippen LogP contribution in [0.25, 0.3) is 0 Å². The number of hydrogen-bond donors (Lipinski definition) is 1. The number of nitrogens with one attached hydrogen (secondary N) is 1. The van der Waals surface area contributed by atoms with E-state index >= 15 is 0 Å². The summed E-state index contributed by atoms with van der Waals surface area (Å²) in [5, 5.41) is 2.99. The third kappa shape index (κ3) is 3.33. The first kappa shape index (κ1) is 14.5. The fourth-order valence-electron chi connectivity index (χ4n) is 1.79. The third-order valence-corrected chi connectivity index (χ3v) is 3.08. The lowest BCUT2D eigenvalue weighted by atomic mass is 10.1. The minimum atomic E-state index is -0.303. The van der Waals surface area contributed by atoms with Gasteiger partial charge in [-0.25, -0.2) is 9.37 Å². The van der Waals surface area contributed by atoms with Crippen LogP contribution < -0.4 is 5.32 Å². The van der Waals surface area contributed by atoms with Crippen molar-refractivity contribution in [3.8, 4) is 0 Å². The molecule has 0 aliphatic heterocycles. The molecule has 1 N–H and O–H groups in total. The lowest BCUT2D eigenvalue weighted by molar-refractivity contribution is 0.102. The van der Waals surface area contributed by atoms with Crippen molar-refractivity contribution >= 4 is 23.2 Å². The zero-order valence-electron chi connectivity index (χ0n) is 11.2. The van der Waals surface area contributed by atoms with E-state index in [1.165, 1.54) is 18.2 Å². The Bertz CT molecular complexity index is 658. The van der Waals surface area contributed by atoms with Gasteiger partial charge in [0.2, 0.25) is 0 Å². The molecule has 0 aliphatic rings. The van der Waals surface area contributed by atoms with Crippen molar-refractivity contribution in [1.29, 1.82) is 0 Å². The number of nitrogens with zero attached hydrogens (tertiary/aromatic N) is 1. The molecule has 0 saturated carbocycles. The van der Waals surface area contributed by atoms with Crippen LogP contribution >= 0.6 is 11.6 Å². The summed E-state index contributed by atoms with van der Waals surface area (Å²) in [5.74, 6) is -0.599. The highest BCUT2D eigenvalue weighted by atomic mass is 35.5. The molecule has 0 bridgehead atoms. The van der Waals surface area contributed by atoms with Crippen LogP contribution in [0.3, 0.4) is 0 Å². The van der Waals surface area contributed by atoms with Gasteiger partial charge in [-0.2, -0.15) is 0 Å². The molecule has 5 heteroatoms. The molecule has 0 aliphatic carbocycles. The Labute approximate surface area is 121 Å². The Balaban J connectivity index is 2.23. The van der Waals surface area contributed by atoms with E-state index in [2.05, 4.69) is 10.3 Å². The zero-order valence-corrected chi connectivity index (χ0v) is 12.0. The number of aryl methyl sites for hydroxylation is 2. The van der Waals surface area contributed by atoms with Crippen molar-refractivity contribution in [2.45, 2.75) is 20.3 Å². The number of rotatable bonds is 3. The molecule has 1 aromatic carbocycles. The summed E-state index contributed by atoms with van der Waals surface area (Å²) in [5.41, 5.74) is 2.20. The molecule has 104 valence electrons. The number of carbonyl (C=O) groups is 1. The Morgan fingerprint density at radius 3 is 2.75 bits per heavy atom. The fourth-order valence-corrected chi connectivity index (χ4v) is 2.02. The van der Waals surface area contributed by atoms with E-state index in [1.807, 2.05) is 6.92 Å². The summed E-state index contributed by atoms with van der Waals surface area (Å²) < 4.78 is 13.2. The summed E-state index contributed by atoms with van der Waals surface area (Å²) in [7, 11) is 0. The summed E-state index contributed by atoms with van der Waals surface area (Å²) in [4.78, 5) is 16.2. The van der Waals surface area contributed by atoms with Crippen molar-refractivity contribution in [1.82, 2.24) is 4.98 Å². The van der Waals surface area contributed by atoms with E-state index in [9.17, 15) is 9.18 Å². The minimum Gasteiger partial charge on any atom is -0.322 e. The van der Waals surface area contributed by atoms with Gasteiger partial charge in [0.15, 0.2) is 0 Å². The summed E-state index contributed by atoms with van der Waals surface area (Å²) in [6.45, 7) is 3.58. The standard InChI is InChI=1S/C15H14ClFN2O/c1-3-11-7-10(8-14(16)18-11)15(20)19-12-4-5-13(17)9(2)6-12/h4-8H,3H2,1-2H3,(H,19,20). The van der Waals surface area contributed by atoms with Gasteiger partial charge in [0.25, 0.3) is 5.91 Å². The molecule has 0 spiro atoms. The van der Waals surface area contributed by atoms with E-state index < -0.39 is 0 Å². The van der Waals surface area contributed by atoms with Crippen LogP contribution in [-0.4, -0.2) is 10.9 Å². The number of carbonyl (C=O) groups excluding carboxylic acids is 1. The van der Waals surface area contributed by atoms with Gasteiger partial charge in [0.1, 0.15) is 11.0 Å². The smallest absolute Gasteiger partial charge is 0.255 e. The number of pyridine rings is 1. The van der Waals surface area contributed by atoms with E-state index in [-0.39, 0.29) is 16.9 Å². The third-order valence-electron chi connectivity index (χ3n) is 2.89. The van der Waals surface area contributed by atoms with Crippen LogP contribution in [0.2, 0.25) is 5.15 Å². The largest absolute Gasteiger partial charge is 0.322 e. The fraction of sp³-hybridized carbons (Fsp3) is 0.200. The predicted octanol–water partition coefficient (Wildman–Crippen LogP) is 4.00. The molecule has 0 atom stereocenters. The topological polar surface area (TPSA) is 42.0 Å². The summed E-state index contributed by atoms with van der Waals surface area (Å²) in [6.07, 6.45) is 0.691. The molecule has 3 nitrogen and oxygen atoms in total. The number of hydrogen-bond acceptors (Lipinski definition) is 2. The second kappa shape index (κ2) is 6.01. The van der Waals surface area contributed by atoms with Gasteiger partial charge in [-0.1, -0.05) is 18.5 Å². The molecule has 1 aromatic heterocycles. The lowest BCUT2D eigenvalue weighted by Gasteiger charge is -2.08. The normalized spacial score (nSPS) is 10.4. The van der Waals surface area contributed by atoms with Crippen LogP contribution in [-0.2, 0) is 6.42 Å². The molecule has 0 radical (unpaired) electrons. The number of halogens is 2. The zero-order chi connectivity index (χ0) is 14.7. The van der Waals surface area contributed by atoms with Crippen LogP contribution in [0, 0.1) is 12.7 Å². The molecule has 1 heterocycles. The molecule has 2 aromatic rings. The Morgan fingerprint density at radius 2 is 2.10 bits per heavy atom. The van der Waals surface area contributed by atoms with Crippen molar-refractivity contribution in [3.63, 3.8) is 0 Å². The van der Waals surface area contributed by atoms with Gasteiger partial charge in [0, 0.05) is 16.9 Å². The Morgan fingerprint density at radius 1 is 1.35 bits per heavy atom.